The fourth-order valence-electron chi connectivity index (χ4n) is 3.30. The Hall–Kier alpha value is -2.43. The lowest BCUT2D eigenvalue weighted by molar-refractivity contribution is 0.577. The predicted octanol–water partition coefficient (Wildman–Crippen LogP) is 3.65. The van der Waals surface area contributed by atoms with Gasteiger partial charge >= 0.3 is 0 Å². The van der Waals surface area contributed by atoms with Crippen LogP contribution in [-0.4, -0.2) is 40.8 Å². The minimum Gasteiger partial charge on any atom is -0.461 e. The molecule has 4 rings (SSSR count). The Morgan fingerprint density at radius 2 is 2.13 bits per heavy atom. The van der Waals surface area contributed by atoms with Crippen molar-refractivity contribution in [3.8, 4) is 11.6 Å². The quantitative estimate of drug-likeness (QED) is 0.238. The van der Waals surface area contributed by atoms with Gasteiger partial charge in [0.15, 0.2) is 11.7 Å². The van der Waals surface area contributed by atoms with Gasteiger partial charge in [-0.15, -0.1) is 24.0 Å². The van der Waals surface area contributed by atoms with Gasteiger partial charge in [-0.3, -0.25) is 10.1 Å². The van der Waals surface area contributed by atoms with Crippen LogP contribution in [0.4, 0.5) is 4.39 Å². The van der Waals surface area contributed by atoms with E-state index in [0.717, 1.165) is 36.7 Å². The Balaban J connectivity index is 0.00000256. The lowest BCUT2D eigenvalue weighted by Gasteiger charge is -2.16. The second kappa shape index (κ2) is 10.1. The van der Waals surface area contributed by atoms with Crippen LogP contribution in [0.15, 0.2) is 52.1 Å². The Kier molecular flexibility index (Phi) is 7.46. The predicted molar refractivity (Wildman–Crippen MR) is 124 cm³/mol. The number of hydrogen-bond donors (Lipinski definition) is 3. The molecule has 0 bridgehead atoms. The minimum absolute atomic E-state index is 0. The molecule has 160 valence electrons. The minimum atomic E-state index is -0.191. The number of aromatic amines is 1. The van der Waals surface area contributed by atoms with Gasteiger partial charge < -0.3 is 15.1 Å². The summed E-state index contributed by atoms with van der Waals surface area (Å²) in [6.45, 7) is 4.09. The lowest BCUT2D eigenvalue weighted by atomic mass is 9.96. The molecule has 1 saturated carbocycles. The van der Waals surface area contributed by atoms with Crippen molar-refractivity contribution in [1.29, 1.82) is 0 Å². The summed E-state index contributed by atoms with van der Waals surface area (Å²) in [5.41, 5.74) is 0.997. The first kappa shape index (κ1) is 22.3. The van der Waals surface area contributed by atoms with Crippen molar-refractivity contribution >= 4 is 29.9 Å². The van der Waals surface area contributed by atoms with Gasteiger partial charge in [0.25, 0.3) is 0 Å². The summed E-state index contributed by atoms with van der Waals surface area (Å²) >= 11 is 0. The number of benzene rings is 1. The Bertz CT molecular complexity index is 968. The second-order valence-electron chi connectivity index (χ2n) is 7.25. The largest absolute Gasteiger partial charge is 0.461 e. The van der Waals surface area contributed by atoms with Crippen LogP contribution in [0.25, 0.3) is 11.6 Å². The zero-order chi connectivity index (χ0) is 20.1. The zero-order valence-corrected chi connectivity index (χ0v) is 19.2. The van der Waals surface area contributed by atoms with Crippen LogP contribution < -0.4 is 10.6 Å². The number of rotatable bonds is 8. The molecule has 0 aliphatic heterocycles. The molecule has 30 heavy (non-hydrogen) atoms. The van der Waals surface area contributed by atoms with E-state index in [1.807, 2.05) is 25.1 Å². The first-order valence-electron chi connectivity index (χ1n) is 9.92. The first-order chi connectivity index (χ1) is 14.2. The van der Waals surface area contributed by atoms with E-state index in [1.165, 1.54) is 6.07 Å². The van der Waals surface area contributed by atoms with Gasteiger partial charge in [-0.1, -0.05) is 12.1 Å². The summed E-state index contributed by atoms with van der Waals surface area (Å²) in [5.74, 6) is 2.53. The van der Waals surface area contributed by atoms with E-state index in [2.05, 4.69) is 25.8 Å². The van der Waals surface area contributed by atoms with Gasteiger partial charge in [0.2, 0.25) is 5.82 Å². The molecule has 3 aromatic rings. The molecule has 0 amide bonds. The van der Waals surface area contributed by atoms with Crippen molar-refractivity contribution in [3.63, 3.8) is 0 Å². The molecular formula is C21H26FIN6O. The molecule has 0 unspecified atom stereocenters. The molecule has 0 saturated heterocycles. The molecule has 7 nitrogen and oxygen atoms in total. The third-order valence-electron chi connectivity index (χ3n) is 5.10. The number of nitrogens with one attached hydrogen (secondary N) is 3. The van der Waals surface area contributed by atoms with Crippen LogP contribution in [0.5, 0.6) is 0 Å². The molecule has 0 atom stereocenters. The highest BCUT2D eigenvalue weighted by Crippen LogP contribution is 2.48. The van der Waals surface area contributed by atoms with Crippen molar-refractivity contribution in [2.75, 3.05) is 19.6 Å². The third-order valence-corrected chi connectivity index (χ3v) is 5.10. The molecule has 9 heteroatoms. The maximum absolute atomic E-state index is 13.6. The number of halogens is 2. The van der Waals surface area contributed by atoms with Crippen LogP contribution in [0.2, 0.25) is 0 Å². The maximum atomic E-state index is 13.6. The molecule has 2 aromatic heterocycles. The van der Waals surface area contributed by atoms with Crippen LogP contribution >= 0.6 is 24.0 Å². The van der Waals surface area contributed by atoms with Crippen LogP contribution in [0.3, 0.4) is 0 Å². The van der Waals surface area contributed by atoms with Crippen molar-refractivity contribution in [1.82, 2.24) is 25.8 Å². The number of aliphatic imine (C=N–C) groups is 1. The van der Waals surface area contributed by atoms with Gasteiger partial charge in [-0.2, -0.15) is 5.10 Å². The van der Waals surface area contributed by atoms with Crippen LogP contribution in [0, 0.1) is 5.82 Å². The van der Waals surface area contributed by atoms with Crippen molar-refractivity contribution in [3.05, 3.63) is 59.9 Å². The van der Waals surface area contributed by atoms with E-state index in [1.54, 1.807) is 18.4 Å². The van der Waals surface area contributed by atoms with Gasteiger partial charge in [-0.05, 0) is 49.6 Å². The average Bonchev–Trinajstić information content (AvgIpc) is 3.10. The molecule has 1 aromatic carbocycles. The SMILES string of the molecule is CCNC(=NCC1(c2cccc(F)c2)CC1)NCCc1nc(-c2ccco2)n[nH]1.I. The van der Waals surface area contributed by atoms with Gasteiger partial charge in [0.05, 0.1) is 12.8 Å². The summed E-state index contributed by atoms with van der Waals surface area (Å²) in [5, 5.41) is 13.7. The van der Waals surface area contributed by atoms with E-state index in [0.29, 0.717) is 31.1 Å². The summed E-state index contributed by atoms with van der Waals surface area (Å²) in [6.07, 6.45) is 4.34. The first-order valence-corrected chi connectivity index (χ1v) is 9.92. The summed E-state index contributed by atoms with van der Waals surface area (Å²) in [7, 11) is 0. The van der Waals surface area contributed by atoms with Crippen molar-refractivity contribution in [2.45, 2.75) is 31.6 Å². The number of guanidine groups is 1. The third kappa shape index (κ3) is 5.38. The van der Waals surface area contributed by atoms with E-state index < -0.39 is 0 Å². The normalized spacial score (nSPS) is 14.8. The molecule has 3 N–H and O–H groups in total. The Morgan fingerprint density at radius 3 is 2.83 bits per heavy atom. The fourth-order valence-corrected chi connectivity index (χ4v) is 3.30. The molecule has 0 radical (unpaired) electrons. The smallest absolute Gasteiger partial charge is 0.216 e. The highest BCUT2D eigenvalue weighted by atomic mass is 127. The molecule has 1 aliphatic rings. The van der Waals surface area contributed by atoms with E-state index in [4.69, 9.17) is 9.41 Å². The van der Waals surface area contributed by atoms with E-state index in [-0.39, 0.29) is 35.2 Å². The number of H-pyrrole nitrogens is 1. The van der Waals surface area contributed by atoms with Crippen LogP contribution in [-0.2, 0) is 11.8 Å². The number of hydrogen-bond acceptors (Lipinski definition) is 4. The average molecular weight is 524 g/mol. The fraction of sp³-hybridized carbons (Fsp3) is 0.381. The van der Waals surface area contributed by atoms with Gasteiger partial charge in [-0.25, -0.2) is 9.37 Å². The monoisotopic (exact) mass is 524 g/mol. The summed E-state index contributed by atoms with van der Waals surface area (Å²) in [6, 6.07) is 10.5. The number of aromatic nitrogens is 3. The van der Waals surface area contributed by atoms with Gasteiger partial charge in [0.1, 0.15) is 11.6 Å². The highest BCUT2D eigenvalue weighted by molar-refractivity contribution is 14.0. The van der Waals surface area contributed by atoms with Crippen molar-refractivity contribution < 1.29 is 8.81 Å². The molecule has 2 heterocycles. The maximum Gasteiger partial charge on any atom is 0.216 e. The Labute approximate surface area is 192 Å². The molecule has 0 spiro atoms. The molecule has 1 fully saturated rings. The summed E-state index contributed by atoms with van der Waals surface area (Å²) < 4.78 is 18.9. The van der Waals surface area contributed by atoms with Crippen LogP contribution in [0.1, 0.15) is 31.2 Å². The van der Waals surface area contributed by atoms with E-state index >= 15 is 0 Å². The number of nitrogens with zero attached hydrogens (tertiary/aromatic N) is 3. The van der Waals surface area contributed by atoms with E-state index in [9.17, 15) is 4.39 Å². The Morgan fingerprint density at radius 1 is 1.27 bits per heavy atom. The molecule has 1 aliphatic carbocycles. The summed E-state index contributed by atoms with van der Waals surface area (Å²) in [4.78, 5) is 9.18. The standard InChI is InChI=1S/C21H25FN6O.HI/c1-2-23-20(25-14-21(9-10-21)15-5-3-6-16(22)13-15)24-11-8-18-26-19(28-27-18)17-7-4-12-29-17;/h3-7,12-13H,2,8-11,14H2,1H3,(H2,23,24,25)(H,26,27,28);1H. The lowest BCUT2D eigenvalue weighted by Crippen LogP contribution is -2.39. The topological polar surface area (TPSA) is 91.1 Å². The second-order valence-corrected chi connectivity index (χ2v) is 7.25. The highest BCUT2D eigenvalue weighted by Gasteiger charge is 2.44. The van der Waals surface area contributed by atoms with Crippen molar-refractivity contribution in [2.24, 2.45) is 4.99 Å². The van der Waals surface area contributed by atoms with Gasteiger partial charge in [0, 0.05) is 24.9 Å². The number of furan rings is 1. The zero-order valence-electron chi connectivity index (χ0n) is 16.8. The molecular weight excluding hydrogens is 498 g/mol.